The standard InChI is InChI=1S/C14H11Br2NO2/c1-9-4-2-3-5-11(9)13(18)8-17-7-10(15)6-12(16)14(17)19/h2-7H,8H2,1H3. The second kappa shape index (κ2) is 5.84. The fourth-order valence-corrected chi connectivity index (χ4v) is 3.07. The summed E-state index contributed by atoms with van der Waals surface area (Å²) in [5.41, 5.74) is 1.34. The summed E-state index contributed by atoms with van der Waals surface area (Å²) < 4.78 is 2.57. The number of halogens is 2. The van der Waals surface area contributed by atoms with Gasteiger partial charge in [0.2, 0.25) is 0 Å². The summed E-state index contributed by atoms with van der Waals surface area (Å²) in [5.74, 6) is -0.0785. The SMILES string of the molecule is Cc1ccccc1C(=O)Cn1cc(Br)cc(Br)c1=O. The van der Waals surface area contributed by atoms with Crippen molar-refractivity contribution in [1.29, 1.82) is 0 Å². The number of carbonyl (C=O) groups excluding carboxylic acids is 1. The summed E-state index contributed by atoms with van der Waals surface area (Å²) in [5, 5.41) is 0. The minimum Gasteiger partial charge on any atom is -0.306 e. The highest BCUT2D eigenvalue weighted by Crippen LogP contribution is 2.14. The second-order valence-electron chi connectivity index (χ2n) is 4.18. The van der Waals surface area contributed by atoms with Crippen LogP contribution in [0.5, 0.6) is 0 Å². The van der Waals surface area contributed by atoms with E-state index in [1.165, 1.54) is 4.57 Å². The van der Waals surface area contributed by atoms with Crippen LogP contribution in [0.25, 0.3) is 0 Å². The van der Waals surface area contributed by atoms with E-state index in [-0.39, 0.29) is 17.9 Å². The highest BCUT2D eigenvalue weighted by Gasteiger charge is 2.11. The van der Waals surface area contributed by atoms with Gasteiger partial charge in [-0.3, -0.25) is 9.59 Å². The number of aromatic nitrogens is 1. The van der Waals surface area contributed by atoms with Crippen LogP contribution < -0.4 is 5.56 Å². The molecule has 0 N–H and O–H groups in total. The molecule has 2 rings (SSSR count). The quantitative estimate of drug-likeness (QED) is 0.759. The van der Waals surface area contributed by atoms with Crippen LogP contribution in [-0.2, 0) is 6.54 Å². The molecule has 2 aromatic rings. The molecule has 1 aromatic carbocycles. The Morgan fingerprint density at radius 2 is 1.95 bits per heavy atom. The Balaban J connectivity index is 2.35. The zero-order valence-corrected chi connectivity index (χ0v) is 13.4. The van der Waals surface area contributed by atoms with Gasteiger partial charge >= 0.3 is 0 Å². The third-order valence-electron chi connectivity index (χ3n) is 2.77. The van der Waals surface area contributed by atoms with Crippen LogP contribution in [0.3, 0.4) is 0 Å². The Bertz CT molecular complexity index is 692. The van der Waals surface area contributed by atoms with Crippen molar-refractivity contribution < 1.29 is 4.79 Å². The Kier molecular flexibility index (Phi) is 4.37. The number of nitrogens with zero attached hydrogens (tertiary/aromatic N) is 1. The molecule has 5 heteroatoms. The topological polar surface area (TPSA) is 39.1 Å². The van der Waals surface area contributed by atoms with Gasteiger partial charge < -0.3 is 4.57 Å². The lowest BCUT2D eigenvalue weighted by Crippen LogP contribution is -2.24. The largest absolute Gasteiger partial charge is 0.306 e. The van der Waals surface area contributed by atoms with Crippen LogP contribution in [0.4, 0.5) is 0 Å². The average Bonchev–Trinajstić information content (AvgIpc) is 2.35. The molecule has 0 aliphatic heterocycles. The van der Waals surface area contributed by atoms with E-state index in [1.54, 1.807) is 18.3 Å². The van der Waals surface area contributed by atoms with Gasteiger partial charge in [-0.25, -0.2) is 0 Å². The van der Waals surface area contributed by atoms with Gasteiger partial charge in [-0.2, -0.15) is 0 Å². The van der Waals surface area contributed by atoms with Gasteiger partial charge in [0.1, 0.15) is 0 Å². The molecule has 0 fully saturated rings. The minimum atomic E-state index is -0.217. The third kappa shape index (κ3) is 3.22. The van der Waals surface area contributed by atoms with Gasteiger partial charge in [0, 0.05) is 16.2 Å². The lowest BCUT2D eigenvalue weighted by atomic mass is 10.1. The van der Waals surface area contributed by atoms with Crippen LogP contribution in [0.1, 0.15) is 15.9 Å². The number of aryl methyl sites for hydroxylation is 1. The van der Waals surface area contributed by atoms with Gasteiger partial charge in [-0.1, -0.05) is 24.3 Å². The number of pyridine rings is 1. The fourth-order valence-electron chi connectivity index (χ4n) is 1.81. The van der Waals surface area contributed by atoms with E-state index in [4.69, 9.17) is 0 Å². The molecule has 19 heavy (non-hydrogen) atoms. The summed E-state index contributed by atoms with van der Waals surface area (Å²) >= 11 is 6.49. The first-order chi connectivity index (χ1) is 8.99. The Labute approximate surface area is 127 Å². The molecule has 98 valence electrons. The van der Waals surface area contributed by atoms with E-state index < -0.39 is 0 Å². The average molecular weight is 385 g/mol. The van der Waals surface area contributed by atoms with Crippen molar-refractivity contribution in [1.82, 2.24) is 4.57 Å². The maximum Gasteiger partial charge on any atom is 0.265 e. The normalized spacial score (nSPS) is 10.5. The minimum absolute atomic E-state index is 0.0295. The van der Waals surface area contributed by atoms with Crippen molar-refractivity contribution in [2.45, 2.75) is 13.5 Å². The number of rotatable bonds is 3. The van der Waals surface area contributed by atoms with Crippen LogP contribution >= 0.6 is 31.9 Å². The summed E-state index contributed by atoms with van der Waals surface area (Å²) in [6.07, 6.45) is 1.61. The number of hydrogen-bond donors (Lipinski definition) is 0. The molecule has 0 bridgehead atoms. The van der Waals surface area contributed by atoms with Crippen LogP contribution in [0, 0.1) is 6.92 Å². The molecule has 3 nitrogen and oxygen atoms in total. The smallest absolute Gasteiger partial charge is 0.265 e. The van der Waals surface area contributed by atoms with E-state index in [0.29, 0.717) is 10.0 Å². The van der Waals surface area contributed by atoms with Crippen molar-refractivity contribution in [3.05, 3.63) is 67.0 Å². The van der Waals surface area contributed by atoms with Crippen LogP contribution in [0.15, 0.2) is 50.3 Å². The summed E-state index contributed by atoms with van der Waals surface area (Å²) in [7, 11) is 0. The Hall–Kier alpha value is -1.20. The molecule has 0 aliphatic carbocycles. The molecule has 0 saturated heterocycles. The van der Waals surface area contributed by atoms with Crippen molar-refractivity contribution in [3.63, 3.8) is 0 Å². The maximum absolute atomic E-state index is 12.2. The monoisotopic (exact) mass is 383 g/mol. The predicted octanol–water partition coefficient (Wildman–Crippen LogP) is 3.56. The van der Waals surface area contributed by atoms with E-state index in [1.807, 2.05) is 25.1 Å². The van der Waals surface area contributed by atoms with Crippen molar-refractivity contribution >= 4 is 37.6 Å². The Morgan fingerprint density at radius 1 is 1.26 bits per heavy atom. The molecule has 0 atom stereocenters. The molecule has 1 heterocycles. The van der Waals surface area contributed by atoms with Gasteiger partial charge in [-0.05, 0) is 50.4 Å². The first-order valence-electron chi connectivity index (χ1n) is 5.63. The molecule has 0 radical (unpaired) electrons. The molecule has 0 unspecified atom stereocenters. The zero-order valence-electron chi connectivity index (χ0n) is 10.2. The number of Topliss-reactive ketones (excluding diaryl/α,β-unsaturated/α-hetero) is 1. The lowest BCUT2D eigenvalue weighted by molar-refractivity contribution is 0.0970. The van der Waals surface area contributed by atoms with E-state index in [0.717, 1.165) is 10.0 Å². The fraction of sp³-hybridized carbons (Fsp3) is 0.143. The van der Waals surface area contributed by atoms with Crippen LogP contribution in [0.2, 0.25) is 0 Å². The van der Waals surface area contributed by atoms with Crippen molar-refractivity contribution in [2.24, 2.45) is 0 Å². The molecule has 0 aliphatic rings. The predicted molar refractivity (Wildman–Crippen MR) is 81.6 cm³/mol. The lowest BCUT2D eigenvalue weighted by Gasteiger charge is -2.08. The number of hydrogen-bond acceptors (Lipinski definition) is 2. The highest BCUT2D eigenvalue weighted by molar-refractivity contribution is 9.11. The van der Waals surface area contributed by atoms with Gasteiger partial charge in [0.15, 0.2) is 5.78 Å². The van der Waals surface area contributed by atoms with Crippen LogP contribution in [-0.4, -0.2) is 10.4 Å². The molecule has 0 saturated carbocycles. The third-order valence-corrected chi connectivity index (χ3v) is 3.77. The van der Waals surface area contributed by atoms with E-state index >= 15 is 0 Å². The van der Waals surface area contributed by atoms with E-state index in [2.05, 4.69) is 31.9 Å². The second-order valence-corrected chi connectivity index (χ2v) is 5.95. The van der Waals surface area contributed by atoms with Crippen molar-refractivity contribution in [2.75, 3.05) is 0 Å². The number of ketones is 1. The van der Waals surface area contributed by atoms with Gasteiger partial charge in [-0.15, -0.1) is 0 Å². The number of carbonyl (C=O) groups is 1. The molecular weight excluding hydrogens is 374 g/mol. The Morgan fingerprint density at radius 3 is 2.63 bits per heavy atom. The van der Waals surface area contributed by atoms with E-state index in [9.17, 15) is 9.59 Å². The molecule has 1 aromatic heterocycles. The van der Waals surface area contributed by atoms with Gasteiger partial charge in [0.25, 0.3) is 5.56 Å². The summed E-state index contributed by atoms with van der Waals surface area (Å²) in [4.78, 5) is 24.1. The maximum atomic E-state index is 12.2. The molecule has 0 amide bonds. The number of benzene rings is 1. The summed E-state index contributed by atoms with van der Waals surface area (Å²) in [6, 6.07) is 9.02. The zero-order chi connectivity index (χ0) is 14.0. The van der Waals surface area contributed by atoms with Gasteiger partial charge in [0.05, 0.1) is 11.0 Å². The van der Waals surface area contributed by atoms with Crippen molar-refractivity contribution in [3.8, 4) is 0 Å². The highest BCUT2D eigenvalue weighted by atomic mass is 79.9. The first-order valence-corrected chi connectivity index (χ1v) is 7.22. The molecular formula is C14H11Br2NO2. The molecule has 0 spiro atoms. The summed E-state index contributed by atoms with van der Waals surface area (Å²) in [6.45, 7) is 1.91. The first kappa shape index (κ1) is 14.2.